The Kier molecular flexibility index (Phi) is 13.4. The molecular weight excluding hydrogens is 559 g/mol. The Balaban J connectivity index is 2.35. The lowest BCUT2D eigenvalue weighted by atomic mass is 9.92. The minimum absolute atomic E-state index is 0.0157. The van der Waals surface area contributed by atoms with Crippen LogP contribution in [0.1, 0.15) is 84.4 Å². The van der Waals surface area contributed by atoms with Crippen molar-refractivity contribution in [3.63, 3.8) is 0 Å². The molecule has 0 spiro atoms. The van der Waals surface area contributed by atoms with Crippen LogP contribution in [-0.2, 0) is 42.9 Å². The minimum atomic E-state index is -1.87. The zero-order chi connectivity index (χ0) is 31.4. The number of aromatic hydroxyl groups is 2. The molecule has 3 unspecified atom stereocenters. The van der Waals surface area contributed by atoms with Crippen molar-refractivity contribution in [2.45, 2.75) is 109 Å². The normalized spacial score (nSPS) is 22.3. The van der Waals surface area contributed by atoms with Crippen molar-refractivity contribution in [2.24, 2.45) is 5.84 Å². The summed E-state index contributed by atoms with van der Waals surface area (Å²) in [6, 6.07) is 3.33. The van der Waals surface area contributed by atoms with E-state index in [2.05, 4.69) is 5.43 Å². The van der Waals surface area contributed by atoms with E-state index in [-0.39, 0.29) is 31.4 Å². The first-order valence-electron chi connectivity index (χ1n) is 13.9. The largest absolute Gasteiger partial charge is 0.504 e. The molecule has 5 N–H and O–H groups in total. The van der Waals surface area contributed by atoms with E-state index in [0.717, 1.165) is 12.1 Å². The summed E-state index contributed by atoms with van der Waals surface area (Å²) in [6.45, 7) is 6.16. The second-order valence-electron chi connectivity index (χ2n) is 10.2. The molecule has 1 fully saturated rings. The number of ether oxygens (including phenoxy) is 5. The second kappa shape index (κ2) is 16.2. The van der Waals surface area contributed by atoms with Crippen molar-refractivity contribution in [1.29, 1.82) is 0 Å². The van der Waals surface area contributed by atoms with Crippen molar-refractivity contribution in [3.05, 3.63) is 23.8 Å². The number of nitrogens with one attached hydrogen (secondary N) is 1. The van der Waals surface area contributed by atoms with Crippen molar-refractivity contribution in [2.75, 3.05) is 6.61 Å². The highest BCUT2D eigenvalue weighted by Gasteiger charge is 2.51. The van der Waals surface area contributed by atoms with E-state index in [1.54, 1.807) is 20.8 Å². The van der Waals surface area contributed by atoms with Gasteiger partial charge in [-0.3, -0.25) is 20.2 Å². The molecule has 0 bridgehead atoms. The van der Waals surface area contributed by atoms with Crippen LogP contribution in [0.15, 0.2) is 18.2 Å². The molecule has 0 saturated carbocycles. The van der Waals surface area contributed by atoms with Gasteiger partial charge in [0, 0.05) is 25.7 Å². The average molecular weight is 601 g/mol. The molecule has 1 saturated heterocycles. The fourth-order valence-corrected chi connectivity index (χ4v) is 4.12. The smallest absolute Gasteiger partial charge is 0.329 e. The van der Waals surface area contributed by atoms with Crippen LogP contribution in [0.25, 0.3) is 0 Å². The number of phenolic OH excluding ortho intramolecular Hbond substituents is 2. The molecule has 0 radical (unpaired) electrons. The first kappa shape index (κ1) is 34.7. The van der Waals surface area contributed by atoms with Gasteiger partial charge in [0.1, 0.15) is 11.7 Å². The van der Waals surface area contributed by atoms with Crippen LogP contribution in [0.2, 0.25) is 0 Å². The van der Waals surface area contributed by atoms with Crippen LogP contribution in [0, 0.1) is 0 Å². The van der Waals surface area contributed by atoms with E-state index in [1.165, 1.54) is 13.0 Å². The molecule has 0 aliphatic carbocycles. The summed E-state index contributed by atoms with van der Waals surface area (Å²) in [5.74, 6) is 1.56. The summed E-state index contributed by atoms with van der Waals surface area (Å²) in [7, 11) is 0. The van der Waals surface area contributed by atoms with E-state index < -0.39 is 78.1 Å². The number of carbonyl (C=O) groups is 4. The highest BCUT2D eigenvalue weighted by molar-refractivity contribution is 5.80. The molecule has 1 heterocycles. The van der Waals surface area contributed by atoms with Crippen LogP contribution >= 0.6 is 0 Å². The number of nitrogens with two attached hydrogens (primary N) is 1. The number of hydrogen-bond donors (Lipinski definition) is 4. The fourth-order valence-electron chi connectivity index (χ4n) is 4.12. The van der Waals surface area contributed by atoms with Crippen LogP contribution < -0.4 is 11.3 Å². The van der Waals surface area contributed by atoms with E-state index in [0.29, 0.717) is 19.3 Å². The summed E-state index contributed by atoms with van der Waals surface area (Å²) in [4.78, 5) is 50.7. The summed E-state index contributed by atoms with van der Waals surface area (Å²) in [6.07, 6.45) is -6.69. The van der Waals surface area contributed by atoms with Crippen LogP contribution in [0.5, 0.6) is 11.5 Å². The van der Waals surface area contributed by atoms with Gasteiger partial charge in [0.2, 0.25) is 12.4 Å². The van der Waals surface area contributed by atoms with Gasteiger partial charge in [-0.05, 0) is 43.9 Å². The number of hydrogen-bond acceptors (Lipinski definition) is 13. The summed E-state index contributed by atoms with van der Waals surface area (Å²) in [5, 5.41) is 19.2. The number of phenols is 2. The molecule has 0 aromatic heterocycles. The van der Waals surface area contributed by atoms with Gasteiger partial charge in [-0.1, -0.05) is 26.8 Å². The van der Waals surface area contributed by atoms with Crippen LogP contribution in [-0.4, -0.2) is 70.8 Å². The Bertz CT molecular complexity index is 1090. The van der Waals surface area contributed by atoms with Gasteiger partial charge in [-0.25, -0.2) is 14.6 Å². The quantitative estimate of drug-likeness (QED) is 0.0756. The third kappa shape index (κ3) is 9.53. The summed E-state index contributed by atoms with van der Waals surface area (Å²) < 4.78 is 43.0. The molecular formula is C28H41FN2O11. The first-order chi connectivity index (χ1) is 19.9. The van der Waals surface area contributed by atoms with Crippen molar-refractivity contribution in [1.82, 2.24) is 5.43 Å². The number of halogens is 1. The van der Waals surface area contributed by atoms with E-state index in [4.69, 9.17) is 29.5 Å². The molecule has 0 amide bonds. The monoisotopic (exact) mass is 600 g/mol. The maximum absolute atomic E-state index is 15.2. The number of esters is 4. The Labute approximate surface area is 243 Å². The van der Waals surface area contributed by atoms with Crippen molar-refractivity contribution >= 4 is 23.9 Å². The van der Waals surface area contributed by atoms with Crippen molar-refractivity contribution < 1.29 is 57.5 Å². The van der Waals surface area contributed by atoms with Gasteiger partial charge in [0.15, 0.2) is 23.7 Å². The number of hydrazine groups is 1. The lowest BCUT2D eigenvalue weighted by Crippen LogP contribution is -2.61. The highest BCUT2D eigenvalue weighted by atomic mass is 19.1. The van der Waals surface area contributed by atoms with Crippen LogP contribution in [0.4, 0.5) is 4.39 Å². The molecule has 6 atom stereocenters. The predicted octanol–water partition coefficient (Wildman–Crippen LogP) is 2.76. The molecule has 1 aliphatic heterocycles. The first-order valence-corrected chi connectivity index (χ1v) is 13.9. The molecule has 236 valence electrons. The molecule has 1 aliphatic rings. The summed E-state index contributed by atoms with van der Waals surface area (Å²) in [5.41, 5.74) is 0.325. The Morgan fingerprint density at radius 2 is 1.50 bits per heavy atom. The highest BCUT2D eigenvalue weighted by Crippen LogP contribution is 2.34. The van der Waals surface area contributed by atoms with Gasteiger partial charge in [-0.2, -0.15) is 0 Å². The fraction of sp³-hybridized carbons (Fsp3) is 0.643. The van der Waals surface area contributed by atoms with Gasteiger partial charge < -0.3 is 33.9 Å². The molecule has 13 nitrogen and oxygen atoms in total. The molecule has 42 heavy (non-hydrogen) atoms. The average Bonchev–Trinajstić information content (AvgIpc) is 2.93. The molecule has 1 aromatic carbocycles. The zero-order valence-electron chi connectivity index (χ0n) is 24.3. The maximum Gasteiger partial charge on any atom is 0.329 e. The van der Waals surface area contributed by atoms with Gasteiger partial charge in [0.25, 0.3) is 0 Å². The topological polar surface area (TPSA) is 193 Å². The molecule has 1 aromatic rings. The minimum Gasteiger partial charge on any atom is -0.504 e. The SMILES string of the molecule is CCCC(=O)O[C@H]1[C@H](OC(=O)CCC)COC(OC(=O)C(C)(CC(F)c2ccc(O)c(O)c2)NN)[C@@H]1OC(=O)CCC. The number of carbonyl (C=O) groups excluding carboxylic acids is 4. The van der Waals surface area contributed by atoms with E-state index in [9.17, 15) is 29.4 Å². The molecule has 14 heteroatoms. The van der Waals surface area contributed by atoms with Crippen molar-refractivity contribution in [3.8, 4) is 11.5 Å². The molecule has 2 rings (SSSR count). The Morgan fingerprint density at radius 3 is 2.02 bits per heavy atom. The van der Waals surface area contributed by atoms with Crippen LogP contribution in [0.3, 0.4) is 0 Å². The van der Waals surface area contributed by atoms with Gasteiger partial charge in [-0.15, -0.1) is 0 Å². The lowest BCUT2D eigenvalue weighted by molar-refractivity contribution is -0.277. The predicted molar refractivity (Wildman–Crippen MR) is 144 cm³/mol. The van der Waals surface area contributed by atoms with E-state index in [1.807, 2.05) is 0 Å². The maximum atomic E-state index is 15.2. The standard InChI is InChI=1S/C28H41FN2O11/c1-5-8-21(34)39-20-15-38-26(25(41-23(36)10-7-3)24(20)40-22(35)9-6-2)42-27(37)28(4,31-30)14-17(29)16-11-12-18(32)19(33)13-16/h11-13,17,20,24-26,31-33H,5-10,14-15,30H2,1-4H3/t17?,20-,24+,25-,26?,28?/m1/s1. The zero-order valence-corrected chi connectivity index (χ0v) is 24.3. The number of alkyl halides is 1. The lowest BCUT2D eigenvalue weighted by Gasteiger charge is -2.41. The second-order valence-corrected chi connectivity index (χ2v) is 10.2. The summed E-state index contributed by atoms with van der Waals surface area (Å²) >= 11 is 0. The van der Waals surface area contributed by atoms with Gasteiger partial charge >= 0.3 is 23.9 Å². The van der Waals surface area contributed by atoms with E-state index >= 15 is 4.39 Å². The van der Waals surface area contributed by atoms with Gasteiger partial charge in [0.05, 0.1) is 6.61 Å². The number of rotatable bonds is 15. The third-order valence-corrected chi connectivity index (χ3v) is 6.50. The Hall–Kier alpha value is -3.49. The number of benzene rings is 1. The Morgan fingerprint density at radius 1 is 0.952 bits per heavy atom. The third-order valence-electron chi connectivity index (χ3n) is 6.50.